The summed E-state index contributed by atoms with van der Waals surface area (Å²) in [5, 5.41) is 9.16. The Kier molecular flexibility index (Phi) is 6.18. The van der Waals surface area contributed by atoms with E-state index in [1.54, 1.807) is 14.2 Å². The molecule has 0 atom stereocenters. The molecule has 0 saturated carbocycles. The van der Waals surface area contributed by atoms with Crippen molar-refractivity contribution in [3.8, 4) is 28.6 Å². The number of hydrogen-bond acceptors (Lipinski definition) is 5. The molecule has 0 aliphatic carbocycles. The number of benzene rings is 3. The summed E-state index contributed by atoms with van der Waals surface area (Å²) in [6.45, 7) is 0. The maximum absolute atomic E-state index is 14.1. The Morgan fingerprint density at radius 1 is 0.839 bits per heavy atom. The zero-order chi connectivity index (χ0) is 21.8. The number of hydrogen-bond donors (Lipinski definition) is 0. The fourth-order valence-corrected chi connectivity index (χ4v) is 4.05. The predicted molar refractivity (Wildman–Crippen MR) is 116 cm³/mol. The van der Waals surface area contributed by atoms with Crippen LogP contribution in [-0.4, -0.2) is 29.0 Å². The zero-order valence-electron chi connectivity index (χ0n) is 16.9. The van der Waals surface area contributed by atoms with Gasteiger partial charge in [-0.2, -0.15) is 0 Å². The fourth-order valence-electron chi connectivity index (χ4n) is 3.08. The van der Waals surface area contributed by atoms with E-state index in [1.807, 2.05) is 53.1 Å². The maximum Gasteiger partial charge on any atom is 0.196 e. The van der Waals surface area contributed by atoms with E-state index in [0.29, 0.717) is 22.5 Å². The van der Waals surface area contributed by atoms with Crippen LogP contribution in [-0.2, 0) is 5.75 Å². The van der Waals surface area contributed by atoms with Crippen molar-refractivity contribution in [2.45, 2.75) is 10.9 Å². The summed E-state index contributed by atoms with van der Waals surface area (Å²) in [5.74, 6) is 0.879. The summed E-state index contributed by atoms with van der Waals surface area (Å²) in [7, 11) is 3.19. The smallest absolute Gasteiger partial charge is 0.196 e. The predicted octanol–water partition coefficient (Wildman–Crippen LogP) is 5.52. The highest BCUT2D eigenvalue weighted by atomic mass is 32.2. The molecule has 0 bridgehead atoms. The molecular formula is C23H19F2N3O2S. The lowest BCUT2D eigenvalue weighted by Gasteiger charge is -2.12. The number of aromatic nitrogens is 3. The molecule has 4 rings (SSSR count). The van der Waals surface area contributed by atoms with Crippen LogP contribution in [0, 0.1) is 11.6 Å². The highest BCUT2D eigenvalue weighted by molar-refractivity contribution is 7.98. The lowest BCUT2D eigenvalue weighted by atomic mass is 10.2. The van der Waals surface area contributed by atoms with Gasteiger partial charge in [-0.15, -0.1) is 10.2 Å². The van der Waals surface area contributed by atoms with Gasteiger partial charge >= 0.3 is 0 Å². The Morgan fingerprint density at radius 2 is 1.52 bits per heavy atom. The average molecular weight is 439 g/mol. The van der Waals surface area contributed by atoms with E-state index < -0.39 is 11.6 Å². The Bertz CT molecular complexity index is 1180. The lowest BCUT2D eigenvalue weighted by molar-refractivity contribution is 0.414. The number of thioether (sulfide) groups is 1. The van der Waals surface area contributed by atoms with Crippen LogP contribution in [0.15, 0.2) is 71.9 Å². The van der Waals surface area contributed by atoms with Crippen molar-refractivity contribution in [3.05, 3.63) is 83.9 Å². The molecule has 0 spiro atoms. The van der Waals surface area contributed by atoms with Crippen LogP contribution in [0.4, 0.5) is 8.78 Å². The first-order valence-electron chi connectivity index (χ1n) is 9.40. The highest BCUT2D eigenvalue weighted by Gasteiger charge is 2.18. The molecule has 158 valence electrons. The fraction of sp³-hybridized carbons (Fsp3) is 0.130. The first kappa shape index (κ1) is 20.9. The van der Waals surface area contributed by atoms with Crippen LogP contribution in [0.2, 0.25) is 0 Å². The zero-order valence-corrected chi connectivity index (χ0v) is 17.7. The minimum atomic E-state index is -0.587. The average Bonchev–Trinajstić information content (AvgIpc) is 3.23. The molecule has 0 saturated heterocycles. The number of nitrogens with zero attached hydrogens (tertiary/aromatic N) is 3. The van der Waals surface area contributed by atoms with Crippen molar-refractivity contribution < 1.29 is 18.3 Å². The molecule has 8 heteroatoms. The summed E-state index contributed by atoms with van der Waals surface area (Å²) in [5.41, 5.74) is 1.59. The van der Waals surface area contributed by atoms with Crippen LogP contribution in [0.25, 0.3) is 17.1 Å². The molecule has 0 aliphatic heterocycles. The summed E-state index contributed by atoms with van der Waals surface area (Å²) in [6.07, 6.45) is 0. The van der Waals surface area contributed by atoms with E-state index in [1.165, 1.54) is 30.0 Å². The lowest BCUT2D eigenvalue weighted by Crippen LogP contribution is -2.01. The second-order valence-electron chi connectivity index (χ2n) is 6.56. The topological polar surface area (TPSA) is 49.2 Å². The summed E-state index contributed by atoms with van der Waals surface area (Å²) in [6, 6.07) is 18.7. The van der Waals surface area contributed by atoms with E-state index in [2.05, 4.69) is 10.2 Å². The largest absolute Gasteiger partial charge is 0.497 e. The molecule has 31 heavy (non-hydrogen) atoms. The third kappa shape index (κ3) is 4.39. The van der Waals surface area contributed by atoms with Crippen LogP contribution in [0.5, 0.6) is 11.5 Å². The Hall–Kier alpha value is -3.39. The van der Waals surface area contributed by atoms with Crippen LogP contribution < -0.4 is 9.47 Å². The van der Waals surface area contributed by atoms with Gasteiger partial charge < -0.3 is 9.47 Å². The molecular weight excluding hydrogens is 420 g/mol. The van der Waals surface area contributed by atoms with Gasteiger partial charge in [-0.1, -0.05) is 30.0 Å². The molecule has 0 radical (unpaired) electrons. The van der Waals surface area contributed by atoms with Crippen molar-refractivity contribution in [1.82, 2.24) is 14.8 Å². The second kappa shape index (κ2) is 9.18. The van der Waals surface area contributed by atoms with Crippen molar-refractivity contribution in [2.24, 2.45) is 0 Å². The van der Waals surface area contributed by atoms with Crippen molar-refractivity contribution in [1.29, 1.82) is 0 Å². The molecule has 3 aromatic carbocycles. The van der Waals surface area contributed by atoms with Crippen LogP contribution in [0.1, 0.15) is 5.56 Å². The monoisotopic (exact) mass is 439 g/mol. The summed E-state index contributed by atoms with van der Waals surface area (Å²) >= 11 is 1.21. The van der Waals surface area contributed by atoms with E-state index in [9.17, 15) is 8.78 Å². The minimum Gasteiger partial charge on any atom is -0.497 e. The molecule has 5 nitrogen and oxygen atoms in total. The number of halogens is 2. The normalized spacial score (nSPS) is 10.8. The van der Waals surface area contributed by atoms with Crippen molar-refractivity contribution in [2.75, 3.05) is 14.2 Å². The molecule has 0 unspecified atom stereocenters. The first-order valence-corrected chi connectivity index (χ1v) is 10.4. The van der Waals surface area contributed by atoms with Crippen molar-refractivity contribution >= 4 is 11.8 Å². The second-order valence-corrected chi connectivity index (χ2v) is 7.50. The van der Waals surface area contributed by atoms with Crippen molar-refractivity contribution in [3.63, 3.8) is 0 Å². The molecule has 1 aromatic heterocycles. The molecule has 0 N–H and O–H groups in total. The van der Waals surface area contributed by atoms with Gasteiger partial charge in [-0.05, 0) is 48.5 Å². The van der Waals surface area contributed by atoms with Gasteiger partial charge in [0.2, 0.25) is 0 Å². The maximum atomic E-state index is 14.1. The van der Waals surface area contributed by atoms with E-state index in [-0.39, 0.29) is 11.3 Å². The van der Waals surface area contributed by atoms with Gasteiger partial charge in [0.25, 0.3) is 0 Å². The molecule has 4 aromatic rings. The van der Waals surface area contributed by atoms with Crippen LogP contribution in [0.3, 0.4) is 0 Å². The summed E-state index contributed by atoms with van der Waals surface area (Å²) < 4.78 is 40.6. The Balaban J connectivity index is 1.76. The van der Waals surface area contributed by atoms with E-state index in [0.717, 1.165) is 11.3 Å². The van der Waals surface area contributed by atoms with Gasteiger partial charge in [0, 0.05) is 22.6 Å². The number of methoxy groups -OCH3 is 2. The molecule has 0 amide bonds. The van der Waals surface area contributed by atoms with E-state index in [4.69, 9.17) is 9.47 Å². The van der Waals surface area contributed by atoms with Gasteiger partial charge in [0.05, 0.1) is 14.2 Å². The molecule has 1 heterocycles. The SMILES string of the molecule is COc1ccc(-n2c(SCc3c(F)cccc3F)nnc2-c2cccc(OC)c2)cc1. The third-order valence-corrected chi connectivity index (χ3v) is 5.65. The first-order chi connectivity index (χ1) is 15.1. The number of rotatable bonds is 7. The van der Waals surface area contributed by atoms with Gasteiger partial charge in [0.1, 0.15) is 23.1 Å². The van der Waals surface area contributed by atoms with Gasteiger partial charge in [0.15, 0.2) is 11.0 Å². The van der Waals surface area contributed by atoms with Gasteiger partial charge in [-0.25, -0.2) is 8.78 Å². The summed E-state index contributed by atoms with van der Waals surface area (Å²) in [4.78, 5) is 0. The quantitative estimate of drug-likeness (QED) is 0.355. The molecule has 0 aliphatic rings. The number of ether oxygens (including phenoxy) is 2. The third-order valence-electron chi connectivity index (χ3n) is 4.70. The highest BCUT2D eigenvalue weighted by Crippen LogP contribution is 2.32. The van der Waals surface area contributed by atoms with Gasteiger partial charge in [-0.3, -0.25) is 4.57 Å². The molecule has 0 fully saturated rings. The Morgan fingerprint density at radius 3 is 2.19 bits per heavy atom. The standard InChI is InChI=1S/C23H19F2N3O2S/c1-29-17-11-9-16(10-12-17)28-22(15-5-3-6-18(13-15)30-2)26-27-23(28)31-14-19-20(24)7-4-8-21(19)25/h3-13H,14H2,1-2H3. The van der Waals surface area contributed by atoms with E-state index >= 15 is 0 Å². The van der Waals surface area contributed by atoms with Crippen LogP contribution >= 0.6 is 11.8 Å². The Labute approximate surface area is 182 Å². The minimum absolute atomic E-state index is 0.000267.